The quantitative estimate of drug-likeness (QED) is 0.757. The Morgan fingerprint density at radius 2 is 2.29 bits per heavy atom. The summed E-state index contributed by atoms with van der Waals surface area (Å²) in [6.45, 7) is 2.29. The van der Waals surface area contributed by atoms with E-state index in [0.717, 1.165) is 9.35 Å². The molecule has 0 radical (unpaired) electrons. The molecule has 0 aliphatic heterocycles. The zero-order chi connectivity index (χ0) is 12.0. The van der Waals surface area contributed by atoms with Crippen LogP contribution in [0.15, 0.2) is 9.85 Å². The molecular formula is C12H11BrO2S2. The molecule has 0 unspecified atom stereocenters. The fourth-order valence-electron chi connectivity index (χ4n) is 1.96. The van der Waals surface area contributed by atoms with Crippen LogP contribution in [0.3, 0.4) is 0 Å². The molecule has 1 aliphatic carbocycles. The summed E-state index contributed by atoms with van der Waals surface area (Å²) in [7, 11) is 0. The number of esters is 1. The fraction of sp³-hybridized carbons (Fsp3) is 0.417. The second-order valence-electron chi connectivity index (χ2n) is 4.08. The summed E-state index contributed by atoms with van der Waals surface area (Å²) in [6.07, 6.45) is 2.40. The summed E-state index contributed by atoms with van der Waals surface area (Å²) in [5, 5.41) is 2.10. The Kier molecular flexibility index (Phi) is 3.00. The molecule has 2 aromatic heterocycles. The van der Waals surface area contributed by atoms with Gasteiger partial charge in [-0.15, -0.1) is 22.7 Å². The maximum Gasteiger partial charge on any atom is 0.348 e. The van der Waals surface area contributed by atoms with Crippen molar-refractivity contribution in [2.45, 2.75) is 25.7 Å². The molecule has 0 bridgehead atoms. The van der Waals surface area contributed by atoms with Crippen LogP contribution in [-0.2, 0) is 4.74 Å². The molecule has 0 spiro atoms. The van der Waals surface area contributed by atoms with Gasteiger partial charge < -0.3 is 4.74 Å². The summed E-state index contributed by atoms with van der Waals surface area (Å²) >= 11 is 6.82. The van der Waals surface area contributed by atoms with Crippen LogP contribution in [0.2, 0.25) is 0 Å². The van der Waals surface area contributed by atoms with Crippen molar-refractivity contribution in [3.8, 4) is 0 Å². The van der Waals surface area contributed by atoms with Gasteiger partial charge in [0.2, 0.25) is 0 Å². The number of fused-ring (bicyclic) bond motifs is 1. The first-order chi connectivity index (χ1) is 8.22. The molecule has 2 heterocycles. The predicted octanol–water partition coefficient (Wildman–Crippen LogP) is 4.78. The number of halogens is 1. The number of ether oxygens (including phenoxy) is 1. The van der Waals surface area contributed by atoms with Crippen LogP contribution >= 0.6 is 38.6 Å². The number of hydrogen-bond acceptors (Lipinski definition) is 4. The maximum absolute atomic E-state index is 12.0. The Labute approximate surface area is 116 Å². The van der Waals surface area contributed by atoms with Crippen LogP contribution in [0.25, 0.3) is 9.40 Å². The minimum Gasteiger partial charge on any atom is -0.462 e. The van der Waals surface area contributed by atoms with Gasteiger partial charge in [-0.2, -0.15) is 0 Å². The largest absolute Gasteiger partial charge is 0.462 e. The summed E-state index contributed by atoms with van der Waals surface area (Å²) in [5.41, 5.74) is 1.24. The molecule has 90 valence electrons. The Morgan fingerprint density at radius 3 is 2.94 bits per heavy atom. The molecule has 0 N–H and O–H groups in total. The van der Waals surface area contributed by atoms with Crippen molar-refractivity contribution >= 4 is 54.0 Å². The third kappa shape index (κ3) is 1.94. The summed E-state index contributed by atoms with van der Waals surface area (Å²) < 4.78 is 8.71. The van der Waals surface area contributed by atoms with Crippen LogP contribution < -0.4 is 0 Å². The smallest absolute Gasteiger partial charge is 0.348 e. The molecule has 2 aromatic rings. The second-order valence-corrected chi connectivity index (χ2v) is 6.84. The molecule has 3 rings (SSSR count). The lowest BCUT2D eigenvalue weighted by molar-refractivity contribution is 0.0531. The van der Waals surface area contributed by atoms with E-state index in [1.54, 1.807) is 22.7 Å². The van der Waals surface area contributed by atoms with Gasteiger partial charge in [0.25, 0.3) is 0 Å². The van der Waals surface area contributed by atoms with E-state index in [-0.39, 0.29) is 5.97 Å². The average molecular weight is 331 g/mol. The topological polar surface area (TPSA) is 26.3 Å². The summed E-state index contributed by atoms with van der Waals surface area (Å²) in [4.78, 5) is 12.8. The maximum atomic E-state index is 12.0. The lowest BCUT2D eigenvalue weighted by Gasteiger charge is -2.01. The van der Waals surface area contributed by atoms with Crippen molar-refractivity contribution in [1.82, 2.24) is 0 Å². The van der Waals surface area contributed by atoms with Crippen LogP contribution in [-0.4, -0.2) is 12.6 Å². The van der Waals surface area contributed by atoms with Crippen molar-refractivity contribution in [3.63, 3.8) is 0 Å². The Hall–Kier alpha value is -0.390. The highest BCUT2D eigenvalue weighted by Gasteiger charge is 2.33. The van der Waals surface area contributed by atoms with E-state index in [4.69, 9.17) is 4.74 Å². The van der Waals surface area contributed by atoms with Gasteiger partial charge in [0, 0.05) is 9.85 Å². The van der Waals surface area contributed by atoms with Gasteiger partial charge in [-0.05, 0) is 47.2 Å². The molecule has 1 aliphatic rings. The zero-order valence-electron chi connectivity index (χ0n) is 9.29. The summed E-state index contributed by atoms with van der Waals surface area (Å²) in [5.74, 6) is 0.420. The first-order valence-corrected chi connectivity index (χ1v) is 8.07. The Bertz CT molecular complexity index is 581. The van der Waals surface area contributed by atoms with Crippen LogP contribution in [0, 0.1) is 0 Å². The van der Waals surface area contributed by atoms with Crippen LogP contribution in [0.5, 0.6) is 0 Å². The molecule has 5 heteroatoms. The lowest BCUT2D eigenvalue weighted by atomic mass is 10.1. The zero-order valence-corrected chi connectivity index (χ0v) is 12.5. The molecule has 0 atom stereocenters. The highest BCUT2D eigenvalue weighted by molar-refractivity contribution is 9.10. The van der Waals surface area contributed by atoms with Crippen molar-refractivity contribution in [3.05, 3.63) is 20.3 Å². The highest BCUT2D eigenvalue weighted by Crippen LogP contribution is 2.51. The third-order valence-corrected chi connectivity index (χ3v) is 6.40. The van der Waals surface area contributed by atoms with E-state index >= 15 is 0 Å². The molecule has 0 saturated heterocycles. The normalized spacial score (nSPS) is 15.4. The van der Waals surface area contributed by atoms with Gasteiger partial charge in [0.05, 0.1) is 16.0 Å². The fourth-order valence-corrected chi connectivity index (χ4v) is 5.26. The van der Waals surface area contributed by atoms with E-state index in [2.05, 4.69) is 21.3 Å². The van der Waals surface area contributed by atoms with Crippen LogP contribution in [0.1, 0.15) is 40.9 Å². The minimum atomic E-state index is -0.158. The van der Waals surface area contributed by atoms with Gasteiger partial charge in [-0.1, -0.05) is 0 Å². The van der Waals surface area contributed by atoms with E-state index in [1.807, 2.05) is 6.92 Å². The minimum absolute atomic E-state index is 0.158. The number of carbonyl (C=O) groups excluding carboxylic acids is 1. The first kappa shape index (κ1) is 11.7. The number of thiophene rings is 2. The molecule has 1 fully saturated rings. The van der Waals surface area contributed by atoms with Gasteiger partial charge in [-0.3, -0.25) is 0 Å². The van der Waals surface area contributed by atoms with Crippen molar-refractivity contribution in [2.24, 2.45) is 0 Å². The van der Waals surface area contributed by atoms with Crippen molar-refractivity contribution in [1.29, 1.82) is 0 Å². The standard InChI is InChI=1S/C12H11BrO2S2/c1-2-15-12(14)11-8(6-3-4-6)10-9(17-11)7(13)5-16-10/h5-6H,2-4H2,1H3. The molecule has 0 aromatic carbocycles. The van der Waals surface area contributed by atoms with Gasteiger partial charge >= 0.3 is 5.97 Å². The first-order valence-electron chi connectivity index (χ1n) is 5.58. The Morgan fingerprint density at radius 1 is 1.53 bits per heavy atom. The van der Waals surface area contributed by atoms with E-state index in [1.165, 1.54) is 27.8 Å². The molecule has 2 nitrogen and oxygen atoms in total. The van der Waals surface area contributed by atoms with Gasteiger partial charge in [0.1, 0.15) is 4.88 Å². The molecule has 17 heavy (non-hydrogen) atoms. The number of carbonyl (C=O) groups is 1. The summed E-state index contributed by atoms with van der Waals surface area (Å²) in [6, 6.07) is 0. The third-order valence-electron chi connectivity index (χ3n) is 2.84. The van der Waals surface area contributed by atoms with Crippen molar-refractivity contribution < 1.29 is 9.53 Å². The lowest BCUT2D eigenvalue weighted by Crippen LogP contribution is -2.04. The number of rotatable bonds is 3. The molecule has 1 saturated carbocycles. The Balaban J connectivity index is 2.15. The van der Waals surface area contributed by atoms with Gasteiger partial charge in [-0.25, -0.2) is 4.79 Å². The molecular weight excluding hydrogens is 320 g/mol. The monoisotopic (exact) mass is 330 g/mol. The SMILES string of the molecule is CCOC(=O)c1sc2c(Br)csc2c1C1CC1. The van der Waals surface area contributed by atoms with Gasteiger partial charge in [0.15, 0.2) is 0 Å². The molecule has 0 amide bonds. The predicted molar refractivity (Wildman–Crippen MR) is 75.3 cm³/mol. The van der Waals surface area contributed by atoms with Crippen LogP contribution in [0.4, 0.5) is 0 Å². The van der Waals surface area contributed by atoms with E-state index < -0.39 is 0 Å². The second kappa shape index (κ2) is 4.37. The van der Waals surface area contributed by atoms with E-state index in [0.29, 0.717) is 12.5 Å². The van der Waals surface area contributed by atoms with Crippen molar-refractivity contribution in [2.75, 3.05) is 6.61 Å². The average Bonchev–Trinajstić information content (AvgIpc) is 2.97. The number of hydrogen-bond donors (Lipinski definition) is 0. The van der Waals surface area contributed by atoms with E-state index in [9.17, 15) is 4.79 Å². The highest BCUT2D eigenvalue weighted by atomic mass is 79.9.